The van der Waals surface area contributed by atoms with Gasteiger partial charge in [-0.05, 0) is 12.1 Å². The van der Waals surface area contributed by atoms with Crippen LogP contribution in [-0.2, 0) is 0 Å². The molecule has 1 aliphatic heterocycles. The molecule has 2 rings (SSSR count). The highest BCUT2D eigenvalue weighted by atomic mass is 19.4. The van der Waals surface area contributed by atoms with Crippen molar-refractivity contribution in [3.05, 3.63) is 30.3 Å². The summed E-state index contributed by atoms with van der Waals surface area (Å²) < 4.78 is 36.3. The van der Waals surface area contributed by atoms with Crippen LogP contribution in [0.25, 0.3) is 0 Å². The Balaban J connectivity index is 2.03. The van der Waals surface area contributed by atoms with Gasteiger partial charge < -0.3 is 10.2 Å². The second kappa shape index (κ2) is 4.65. The fraction of sp³-hybridized carbons (Fsp3) is 0.364. The van der Waals surface area contributed by atoms with E-state index in [4.69, 9.17) is 0 Å². The normalized spacial score (nSPS) is 15.9. The Morgan fingerprint density at radius 3 is 2.59 bits per heavy atom. The summed E-state index contributed by atoms with van der Waals surface area (Å²) in [4.78, 5) is 5.77. The third-order valence-electron chi connectivity index (χ3n) is 2.36. The van der Waals surface area contributed by atoms with E-state index in [9.17, 15) is 13.2 Å². The molecule has 17 heavy (non-hydrogen) atoms. The van der Waals surface area contributed by atoms with Crippen LogP contribution < -0.4 is 10.2 Å². The first-order chi connectivity index (χ1) is 8.06. The molecule has 1 N–H and O–H groups in total. The van der Waals surface area contributed by atoms with Crippen LogP contribution in [0.1, 0.15) is 0 Å². The number of nitrogens with zero attached hydrogens (tertiary/aromatic N) is 2. The molecule has 0 saturated heterocycles. The average Bonchev–Trinajstić information content (AvgIpc) is 2.75. The first-order valence-corrected chi connectivity index (χ1v) is 5.24. The zero-order valence-corrected chi connectivity index (χ0v) is 9.04. The number of rotatable bonds is 2. The number of hydrogen-bond donors (Lipinski definition) is 1. The van der Waals surface area contributed by atoms with Crippen LogP contribution in [0.5, 0.6) is 0 Å². The molecule has 0 aromatic heterocycles. The molecule has 0 unspecified atom stereocenters. The number of guanidine groups is 1. The van der Waals surface area contributed by atoms with Crippen molar-refractivity contribution in [3.8, 4) is 0 Å². The smallest absolute Gasteiger partial charge is 0.347 e. The number of anilines is 1. The average molecular weight is 243 g/mol. The summed E-state index contributed by atoms with van der Waals surface area (Å²) in [6.07, 6.45) is -4.23. The lowest BCUT2D eigenvalue weighted by Crippen LogP contribution is -2.42. The largest absolute Gasteiger partial charge is 0.405 e. The summed E-state index contributed by atoms with van der Waals surface area (Å²) in [5, 5.41) is 2.32. The van der Waals surface area contributed by atoms with Crippen LogP contribution in [-0.4, -0.2) is 31.8 Å². The molecule has 0 atom stereocenters. The van der Waals surface area contributed by atoms with Crippen molar-refractivity contribution in [2.45, 2.75) is 6.18 Å². The highest BCUT2D eigenvalue weighted by molar-refractivity contribution is 5.97. The van der Waals surface area contributed by atoms with Crippen LogP contribution in [0.3, 0.4) is 0 Å². The van der Waals surface area contributed by atoms with Gasteiger partial charge in [-0.1, -0.05) is 18.2 Å². The summed E-state index contributed by atoms with van der Waals surface area (Å²) in [5.74, 6) is 0.286. The summed E-state index contributed by atoms with van der Waals surface area (Å²) >= 11 is 0. The van der Waals surface area contributed by atoms with Crippen molar-refractivity contribution in [1.82, 2.24) is 5.32 Å². The van der Waals surface area contributed by atoms with E-state index >= 15 is 0 Å². The van der Waals surface area contributed by atoms with Crippen LogP contribution in [0, 0.1) is 0 Å². The second-order valence-electron chi connectivity index (χ2n) is 3.66. The first-order valence-electron chi connectivity index (χ1n) is 5.24. The van der Waals surface area contributed by atoms with Crippen molar-refractivity contribution < 1.29 is 13.2 Å². The molecule has 0 aliphatic carbocycles. The number of nitrogens with one attached hydrogen (secondary N) is 1. The number of aliphatic imine (C=N–C) groups is 1. The number of benzene rings is 1. The van der Waals surface area contributed by atoms with Crippen molar-refractivity contribution in [3.63, 3.8) is 0 Å². The molecule has 92 valence electrons. The minimum absolute atomic E-state index is 0.286. The van der Waals surface area contributed by atoms with Gasteiger partial charge in [0.2, 0.25) is 0 Å². The molecular formula is C11H12F3N3. The molecule has 6 heteroatoms. The third kappa shape index (κ3) is 3.12. The third-order valence-corrected chi connectivity index (χ3v) is 2.36. The van der Waals surface area contributed by atoms with E-state index in [2.05, 4.69) is 10.3 Å². The molecular weight excluding hydrogens is 231 g/mol. The van der Waals surface area contributed by atoms with E-state index < -0.39 is 12.7 Å². The fourth-order valence-electron chi connectivity index (χ4n) is 1.64. The molecule has 0 bridgehead atoms. The Morgan fingerprint density at radius 2 is 1.94 bits per heavy atom. The van der Waals surface area contributed by atoms with E-state index in [0.29, 0.717) is 13.1 Å². The Morgan fingerprint density at radius 1 is 1.24 bits per heavy atom. The Labute approximate surface area is 97.0 Å². The first kappa shape index (κ1) is 11.8. The van der Waals surface area contributed by atoms with Crippen molar-refractivity contribution in [2.75, 3.05) is 24.5 Å². The zero-order valence-electron chi connectivity index (χ0n) is 9.04. The standard InChI is InChI=1S/C11H12F3N3/c12-11(13,14)8-16-10-15-6-7-17(10)9-4-2-1-3-5-9/h1-5H,6-8H2,(H,15,16). The highest BCUT2D eigenvalue weighted by Gasteiger charge is 2.29. The monoisotopic (exact) mass is 243 g/mol. The minimum atomic E-state index is -4.23. The van der Waals surface area contributed by atoms with Crippen LogP contribution in [0.15, 0.2) is 35.3 Å². The van der Waals surface area contributed by atoms with Gasteiger partial charge in [0.15, 0.2) is 5.96 Å². The van der Waals surface area contributed by atoms with Gasteiger partial charge in [0.25, 0.3) is 0 Å². The van der Waals surface area contributed by atoms with Crippen molar-refractivity contribution in [1.29, 1.82) is 0 Å². The van der Waals surface area contributed by atoms with Gasteiger partial charge in [-0.15, -0.1) is 0 Å². The van der Waals surface area contributed by atoms with Gasteiger partial charge >= 0.3 is 6.18 Å². The fourth-order valence-corrected chi connectivity index (χ4v) is 1.64. The number of alkyl halides is 3. The Bertz CT molecular complexity index is 400. The quantitative estimate of drug-likeness (QED) is 0.860. The Hall–Kier alpha value is -1.72. The molecule has 0 saturated carbocycles. The summed E-state index contributed by atoms with van der Waals surface area (Å²) in [6.45, 7) is 0.0501. The molecule has 0 fully saturated rings. The molecule has 1 aromatic rings. The molecule has 1 aliphatic rings. The van der Waals surface area contributed by atoms with Crippen molar-refractivity contribution in [2.24, 2.45) is 4.99 Å². The van der Waals surface area contributed by atoms with E-state index in [1.807, 2.05) is 30.3 Å². The lowest BCUT2D eigenvalue weighted by Gasteiger charge is -2.21. The lowest BCUT2D eigenvalue weighted by molar-refractivity contribution is -0.122. The van der Waals surface area contributed by atoms with Gasteiger partial charge in [-0.3, -0.25) is 4.99 Å². The van der Waals surface area contributed by atoms with Gasteiger partial charge in [-0.25, -0.2) is 0 Å². The summed E-state index contributed by atoms with van der Waals surface area (Å²) in [5.41, 5.74) is 0.846. The molecule has 1 aromatic carbocycles. The summed E-state index contributed by atoms with van der Waals surface area (Å²) in [7, 11) is 0. The van der Waals surface area contributed by atoms with Crippen LogP contribution in [0.2, 0.25) is 0 Å². The Kier molecular flexibility index (Phi) is 3.21. The topological polar surface area (TPSA) is 27.6 Å². The highest BCUT2D eigenvalue weighted by Crippen LogP contribution is 2.17. The van der Waals surface area contributed by atoms with Crippen molar-refractivity contribution >= 4 is 11.6 Å². The number of halogens is 3. The molecule has 0 radical (unpaired) electrons. The van der Waals surface area contributed by atoms with E-state index in [1.165, 1.54) is 0 Å². The molecule has 0 spiro atoms. The van der Waals surface area contributed by atoms with Gasteiger partial charge in [0.05, 0.1) is 6.54 Å². The minimum Gasteiger partial charge on any atom is -0.347 e. The molecule has 0 amide bonds. The molecule has 3 nitrogen and oxygen atoms in total. The second-order valence-corrected chi connectivity index (χ2v) is 3.66. The predicted molar refractivity (Wildman–Crippen MR) is 60.1 cm³/mol. The maximum atomic E-state index is 12.1. The lowest BCUT2D eigenvalue weighted by atomic mass is 10.3. The SMILES string of the molecule is FC(F)(F)CNC1=NCCN1c1ccccc1. The van der Waals surface area contributed by atoms with Crippen LogP contribution >= 0.6 is 0 Å². The molecule has 1 heterocycles. The van der Waals surface area contributed by atoms with Gasteiger partial charge in [-0.2, -0.15) is 13.2 Å². The maximum absolute atomic E-state index is 12.1. The van der Waals surface area contributed by atoms with Gasteiger partial charge in [0, 0.05) is 12.2 Å². The van der Waals surface area contributed by atoms with E-state index in [1.54, 1.807) is 4.90 Å². The zero-order chi connectivity index (χ0) is 12.3. The van der Waals surface area contributed by atoms with Gasteiger partial charge in [0.1, 0.15) is 6.54 Å². The van der Waals surface area contributed by atoms with Crippen LogP contribution in [0.4, 0.5) is 18.9 Å². The summed E-state index contributed by atoms with van der Waals surface area (Å²) in [6, 6.07) is 9.23. The maximum Gasteiger partial charge on any atom is 0.405 e. The number of hydrogen-bond acceptors (Lipinski definition) is 3. The van der Waals surface area contributed by atoms with E-state index in [-0.39, 0.29) is 5.96 Å². The number of para-hydroxylation sites is 1. The predicted octanol–water partition coefficient (Wildman–Crippen LogP) is 2.01. The van der Waals surface area contributed by atoms with E-state index in [0.717, 1.165) is 5.69 Å².